The molecule has 8 nitrogen and oxygen atoms in total. The summed E-state index contributed by atoms with van der Waals surface area (Å²) in [5.74, 6) is 0.656. The Morgan fingerprint density at radius 3 is 2.27 bits per heavy atom. The van der Waals surface area contributed by atoms with Gasteiger partial charge in [-0.05, 0) is 55.3 Å². The molecule has 0 bridgehead atoms. The molecule has 0 radical (unpaired) electrons. The number of benzene rings is 3. The van der Waals surface area contributed by atoms with E-state index >= 15 is 0 Å². The number of aryl methyl sites for hydroxylation is 1. The van der Waals surface area contributed by atoms with E-state index in [1.54, 1.807) is 32.0 Å². The predicted molar refractivity (Wildman–Crippen MR) is 138 cm³/mol. The van der Waals surface area contributed by atoms with Gasteiger partial charge in [0.05, 0.1) is 6.42 Å². The van der Waals surface area contributed by atoms with Crippen LogP contribution in [0.3, 0.4) is 0 Å². The fraction of sp³-hybridized carbons (Fsp3) is 0.172. The van der Waals surface area contributed by atoms with Crippen LogP contribution in [0.5, 0.6) is 5.75 Å². The average Bonchev–Trinajstić information content (AvgIpc) is 3.48. The molecule has 3 aromatic carbocycles. The van der Waals surface area contributed by atoms with E-state index in [1.165, 1.54) is 7.11 Å². The maximum atomic E-state index is 13.3. The normalized spacial score (nSPS) is 14.0. The largest absolute Gasteiger partial charge is 0.459 e. The van der Waals surface area contributed by atoms with Crippen LogP contribution in [0.1, 0.15) is 41.4 Å². The Morgan fingerprint density at radius 2 is 1.65 bits per heavy atom. The molecule has 37 heavy (non-hydrogen) atoms. The Bertz CT molecular complexity index is 1480. The van der Waals surface area contributed by atoms with Gasteiger partial charge in [0.1, 0.15) is 11.5 Å². The lowest BCUT2D eigenvalue weighted by Crippen LogP contribution is -2.28. The van der Waals surface area contributed by atoms with E-state index in [-0.39, 0.29) is 12.3 Å². The molecule has 2 amide bonds. The van der Waals surface area contributed by atoms with Crippen LogP contribution in [0.15, 0.2) is 88.4 Å². The molecule has 1 unspecified atom stereocenters. The van der Waals surface area contributed by atoms with Crippen LogP contribution < -0.4 is 4.74 Å². The first kappa shape index (κ1) is 24.1. The zero-order valence-corrected chi connectivity index (χ0v) is 20.7. The first-order valence-corrected chi connectivity index (χ1v) is 11.8. The van der Waals surface area contributed by atoms with Gasteiger partial charge in [-0.2, -0.15) is 10.1 Å². The van der Waals surface area contributed by atoms with Gasteiger partial charge in [-0.25, -0.2) is 4.98 Å². The SMILES string of the molecule is COC(Oc1ccc(C(=O)N2N=C(C)CC2=O)c(-c2ccccc2)c1)c1nc(-c2ccccc2)oc1C. The monoisotopic (exact) mass is 495 g/mol. The summed E-state index contributed by atoms with van der Waals surface area (Å²) in [6.45, 7) is 3.52. The highest BCUT2D eigenvalue weighted by atomic mass is 16.7. The Kier molecular flexibility index (Phi) is 6.66. The number of nitrogens with zero attached hydrogens (tertiary/aromatic N) is 3. The van der Waals surface area contributed by atoms with E-state index in [9.17, 15) is 9.59 Å². The summed E-state index contributed by atoms with van der Waals surface area (Å²) in [5, 5.41) is 5.05. The first-order valence-electron chi connectivity index (χ1n) is 11.8. The number of hydrogen-bond donors (Lipinski definition) is 0. The van der Waals surface area contributed by atoms with Gasteiger partial charge in [0.25, 0.3) is 11.8 Å². The molecule has 0 aliphatic carbocycles. The summed E-state index contributed by atoms with van der Waals surface area (Å²) in [7, 11) is 1.52. The molecule has 1 aliphatic heterocycles. The number of carbonyl (C=O) groups excluding carboxylic acids is 2. The first-order chi connectivity index (χ1) is 17.9. The lowest BCUT2D eigenvalue weighted by Gasteiger charge is -2.19. The number of carbonyl (C=O) groups is 2. The van der Waals surface area contributed by atoms with Gasteiger partial charge in [-0.1, -0.05) is 48.5 Å². The number of amides is 2. The fourth-order valence-corrected chi connectivity index (χ4v) is 4.14. The maximum absolute atomic E-state index is 13.3. The van der Waals surface area contributed by atoms with E-state index < -0.39 is 12.2 Å². The third-order valence-electron chi connectivity index (χ3n) is 5.95. The number of methoxy groups -OCH3 is 1. The van der Waals surface area contributed by atoms with Gasteiger partial charge in [-0.15, -0.1) is 0 Å². The van der Waals surface area contributed by atoms with Crippen molar-refractivity contribution in [1.82, 2.24) is 9.99 Å². The lowest BCUT2D eigenvalue weighted by molar-refractivity contribution is -0.126. The zero-order valence-electron chi connectivity index (χ0n) is 20.7. The molecule has 1 aromatic heterocycles. The van der Waals surface area contributed by atoms with Gasteiger partial charge < -0.3 is 13.9 Å². The molecule has 8 heteroatoms. The van der Waals surface area contributed by atoms with Crippen molar-refractivity contribution >= 4 is 17.5 Å². The Hall–Kier alpha value is -4.56. The van der Waals surface area contributed by atoms with E-state index in [0.717, 1.165) is 16.1 Å². The highest BCUT2D eigenvalue weighted by molar-refractivity contribution is 6.15. The molecule has 1 atom stereocenters. The summed E-state index contributed by atoms with van der Waals surface area (Å²) in [6.07, 6.45) is -0.718. The molecule has 2 heterocycles. The second-order valence-electron chi connectivity index (χ2n) is 8.61. The number of oxazole rings is 1. The minimum Gasteiger partial charge on any atom is -0.459 e. The summed E-state index contributed by atoms with van der Waals surface area (Å²) in [5.41, 5.74) is 3.68. The number of hydrogen-bond acceptors (Lipinski definition) is 7. The molecular weight excluding hydrogens is 470 g/mol. The standard InChI is InChI=1S/C29H25N3O5/c1-18-16-25(33)32(31-18)28(34)23-15-14-22(17-24(23)20-10-6-4-7-11-20)37-29(35-3)26-19(2)36-27(30-26)21-12-8-5-9-13-21/h4-15,17,29H,16H2,1-3H3. The van der Waals surface area contributed by atoms with E-state index in [4.69, 9.17) is 13.9 Å². The highest BCUT2D eigenvalue weighted by Crippen LogP contribution is 2.33. The molecule has 0 saturated carbocycles. The topological polar surface area (TPSA) is 94.2 Å². The second-order valence-corrected chi connectivity index (χ2v) is 8.61. The number of ether oxygens (including phenoxy) is 2. The van der Waals surface area contributed by atoms with Crippen molar-refractivity contribution in [3.8, 4) is 28.3 Å². The van der Waals surface area contributed by atoms with Crippen LogP contribution in [0.25, 0.3) is 22.6 Å². The van der Waals surface area contributed by atoms with Gasteiger partial charge >= 0.3 is 0 Å². The van der Waals surface area contributed by atoms with E-state index in [2.05, 4.69) is 10.1 Å². The molecule has 5 rings (SSSR count). The molecule has 186 valence electrons. The van der Waals surface area contributed by atoms with Crippen molar-refractivity contribution in [2.24, 2.45) is 5.10 Å². The van der Waals surface area contributed by atoms with Crippen molar-refractivity contribution in [3.63, 3.8) is 0 Å². The third-order valence-corrected chi connectivity index (χ3v) is 5.95. The molecule has 0 spiro atoms. The highest BCUT2D eigenvalue weighted by Gasteiger charge is 2.30. The lowest BCUT2D eigenvalue weighted by atomic mass is 9.98. The van der Waals surface area contributed by atoms with Crippen molar-refractivity contribution in [2.75, 3.05) is 7.11 Å². The molecule has 1 aliphatic rings. The van der Waals surface area contributed by atoms with Crippen LogP contribution in [0.2, 0.25) is 0 Å². The summed E-state index contributed by atoms with van der Waals surface area (Å²) < 4.78 is 17.7. The van der Waals surface area contributed by atoms with Crippen molar-refractivity contribution in [3.05, 3.63) is 95.9 Å². The summed E-state index contributed by atoms with van der Waals surface area (Å²) in [6, 6.07) is 24.0. The Morgan fingerprint density at radius 1 is 0.973 bits per heavy atom. The van der Waals surface area contributed by atoms with Gasteiger partial charge in [0, 0.05) is 23.9 Å². The van der Waals surface area contributed by atoms with Gasteiger partial charge in [0.15, 0.2) is 5.69 Å². The van der Waals surface area contributed by atoms with Crippen LogP contribution in [-0.2, 0) is 9.53 Å². The van der Waals surface area contributed by atoms with Crippen LogP contribution in [0.4, 0.5) is 0 Å². The molecule has 0 fully saturated rings. The number of hydrazone groups is 1. The maximum Gasteiger partial charge on any atom is 0.281 e. The van der Waals surface area contributed by atoms with Crippen LogP contribution in [-0.4, -0.2) is 34.6 Å². The second kappa shape index (κ2) is 10.2. The van der Waals surface area contributed by atoms with Gasteiger partial charge in [0.2, 0.25) is 12.2 Å². The minimum absolute atomic E-state index is 0.130. The van der Waals surface area contributed by atoms with Gasteiger partial charge in [-0.3, -0.25) is 9.59 Å². The van der Waals surface area contributed by atoms with Crippen LogP contribution in [0, 0.1) is 6.92 Å². The van der Waals surface area contributed by atoms with E-state index in [1.807, 2.05) is 60.7 Å². The fourth-order valence-electron chi connectivity index (χ4n) is 4.14. The molecule has 4 aromatic rings. The minimum atomic E-state index is -0.848. The van der Waals surface area contributed by atoms with Crippen molar-refractivity contribution < 1.29 is 23.5 Å². The summed E-state index contributed by atoms with van der Waals surface area (Å²) >= 11 is 0. The van der Waals surface area contributed by atoms with Crippen molar-refractivity contribution in [2.45, 2.75) is 26.6 Å². The smallest absolute Gasteiger partial charge is 0.281 e. The number of imide groups is 1. The zero-order chi connectivity index (χ0) is 25.9. The molecule has 0 saturated heterocycles. The number of aromatic nitrogens is 1. The van der Waals surface area contributed by atoms with E-state index in [0.29, 0.717) is 39.9 Å². The summed E-state index contributed by atoms with van der Waals surface area (Å²) in [4.78, 5) is 30.2. The Balaban J connectivity index is 1.49. The quantitative estimate of drug-likeness (QED) is 0.238. The predicted octanol–water partition coefficient (Wildman–Crippen LogP) is 5.79. The molecule has 0 N–H and O–H groups in total. The van der Waals surface area contributed by atoms with Crippen LogP contribution >= 0.6 is 0 Å². The molecular formula is C29H25N3O5. The third kappa shape index (κ3) is 4.92. The number of rotatable bonds is 7. The average molecular weight is 496 g/mol. The Labute approximate surface area is 214 Å². The van der Waals surface area contributed by atoms with Crippen molar-refractivity contribution in [1.29, 1.82) is 0 Å².